The van der Waals surface area contributed by atoms with Gasteiger partial charge in [0.2, 0.25) is 5.91 Å². The number of amides is 1. The third kappa shape index (κ3) is 4.27. The van der Waals surface area contributed by atoms with Crippen LogP contribution >= 0.6 is 0 Å². The molecule has 1 fully saturated rings. The molecule has 9 heteroatoms. The second kappa shape index (κ2) is 8.49. The molecule has 1 aliphatic heterocycles. The number of hydrogen-bond donors (Lipinski definition) is 0. The Morgan fingerprint density at radius 2 is 1.69 bits per heavy atom. The molecule has 0 bridgehead atoms. The summed E-state index contributed by atoms with van der Waals surface area (Å²) < 4.78 is 29.9. The molecule has 1 aliphatic rings. The van der Waals surface area contributed by atoms with E-state index in [0.717, 1.165) is 17.0 Å². The minimum atomic E-state index is -3.42. The molecular formula is C17H31N5O3S. The van der Waals surface area contributed by atoms with E-state index in [9.17, 15) is 13.2 Å². The molecule has 26 heavy (non-hydrogen) atoms. The van der Waals surface area contributed by atoms with E-state index in [4.69, 9.17) is 0 Å². The van der Waals surface area contributed by atoms with Gasteiger partial charge in [-0.1, -0.05) is 13.8 Å². The van der Waals surface area contributed by atoms with Gasteiger partial charge in [-0.3, -0.25) is 9.48 Å². The summed E-state index contributed by atoms with van der Waals surface area (Å²) in [5.41, 5.74) is 3.18. The van der Waals surface area contributed by atoms with Crippen LogP contribution in [-0.4, -0.2) is 76.9 Å². The van der Waals surface area contributed by atoms with Crippen molar-refractivity contribution in [3.8, 4) is 0 Å². The van der Waals surface area contributed by atoms with Gasteiger partial charge in [0.25, 0.3) is 10.2 Å². The lowest BCUT2D eigenvalue weighted by Crippen LogP contribution is -2.54. The summed E-state index contributed by atoms with van der Waals surface area (Å²) in [7, 11) is -1.51. The predicted octanol–water partition coefficient (Wildman–Crippen LogP) is 0.700. The van der Waals surface area contributed by atoms with Gasteiger partial charge in [0.15, 0.2) is 0 Å². The molecule has 148 valence electrons. The molecule has 0 unspecified atom stereocenters. The monoisotopic (exact) mass is 385 g/mol. The fourth-order valence-corrected chi connectivity index (χ4v) is 5.05. The van der Waals surface area contributed by atoms with Crippen molar-refractivity contribution in [3.05, 3.63) is 17.0 Å². The van der Waals surface area contributed by atoms with Crippen LogP contribution < -0.4 is 0 Å². The molecule has 0 N–H and O–H groups in total. The lowest BCUT2D eigenvalue weighted by atomic mass is 10.1. The number of aryl methyl sites for hydroxylation is 2. The second-order valence-electron chi connectivity index (χ2n) is 6.64. The van der Waals surface area contributed by atoms with Crippen molar-refractivity contribution >= 4 is 16.1 Å². The van der Waals surface area contributed by atoms with Crippen molar-refractivity contribution < 1.29 is 13.2 Å². The molecule has 1 amide bonds. The van der Waals surface area contributed by atoms with Crippen LogP contribution in [0.3, 0.4) is 0 Å². The summed E-state index contributed by atoms with van der Waals surface area (Å²) >= 11 is 0. The van der Waals surface area contributed by atoms with Crippen LogP contribution in [0.25, 0.3) is 0 Å². The van der Waals surface area contributed by atoms with Gasteiger partial charge >= 0.3 is 0 Å². The largest absolute Gasteiger partial charge is 0.340 e. The number of carbonyl (C=O) groups excluding carboxylic acids is 1. The van der Waals surface area contributed by atoms with Gasteiger partial charge in [0, 0.05) is 58.4 Å². The zero-order chi connectivity index (χ0) is 19.5. The molecule has 0 spiro atoms. The van der Waals surface area contributed by atoms with Gasteiger partial charge in [-0.15, -0.1) is 0 Å². The Morgan fingerprint density at radius 1 is 1.12 bits per heavy atom. The number of nitrogens with zero attached hydrogens (tertiary/aromatic N) is 5. The van der Waals surface area contributed by atoms with E-state index in [1.54, 1.807) is 4.90 Å². The minimum absolute atomic E-state index is 0.0764. The summed E-state index contributed by atoms with van der Waals surface area (Å²) in [6.45, 7) is 10.2. The Balaban J connectivity index is 1.90. The summed E-state index contributed by atoms with van der Waals surface area (Å²) in [4.78, 5) is 14.3. The average molecular weight is 386 g/mol. The Hall–Kier alpha value is -1.45. The SMILES string of the molecule is CCN(CC)S(=O)(=O)N1CCN(C(=O)CCc2c(C)nn(C)c2C)CC1. The normalized spacial score (nSPS) is 16.5. The van der Waals surface area contributed by atoms with Gasteiger partial charge in [-0.05, 0) is 25.8 Å². The Morgan fingerprint density at radius 3 is 2.15 bits per heavy atom. The van der Waals surface area contributed by atoms with Crippen molar-refractivity contribution in [2.75, 3.05) is 39.3 Å². The fourth-order valence-electron chi connectivity index (χ4n) is 3.45. The summed E-state index contributed by atoms with van der Waals surface area (Å²) in [5, 5.41) is 4.38. The highest BCUT2D eigenvalue weighted by atomic mass is 32.2. The number of rotatable bonds is 7. The molecule has 0 aliphatic carbocycles. The van der Waals surface area contributed by atoms with Gasteiger partial charge in [-0.2, -0.15) is 22.1 Å². The van der Waals surface area contributed by atoms with Crippen molar-refractivity contribution in [2.45, 2.75) is 40.5 Å². The standard InChI is InChI=1S/C17H31N5O3S/c1-6-21(7-2)26(24,25)22-12-10-20(11-13-22)17(23)9-8-16-14(3)18-19(5)15(16)4/h6-13H2,1-5H3. The zero-order valence-corrected chi connectivity index (χ0v) is 17.3. The number of aromatic nitrogens is 2. The lowest BCUT2D eigenvalue weighted by Gasteiger charge is -2.36. The molecular weight excluding hydrogens is 354 g/mol. The Kier molecular flexibility index (Phi) is 6.81. The highest BCUT2D eigenvalue weighted by Crippen LogP contribution is 2.16. The Bertz CT molecular complexity index is 732. The van der Waals surface area contributed by atoms with Crippen LogP contribution in [-0.2, 0) is 28.5 Å². The number of carbonyl (C=O) groups is 1. The van der Waals surface area contributed by atoms with E-state index in [1.807, 2.05) is 39.4 Å². The molecule has 0 aromatic carbocycles. The van der Waals surface area contributed by atoms with E-state index in [0.29, 0.717) is 52.1 Å². The van der Waals surface area contributed by atoms with Crippen molar-refractivity contribution in [1.82, 2.24) is 23.3 Å². The van der Waals surface area contributed by atoms with Crippen LogP contribution in [0.1, 0.15) is 37.2 Å². The van der Waals surface area contributed by atoms with Crippen molar-refractivity contribution in [3.63, 3.8) is 0 Å². The van der Waals surface area contributed by atoms with Crippen molar-refractivity contribution in [2.24, 2.45) is 7.05 Å². The number of hydrogen-bond acceptors (Lipinski definition) is 4. The third-order valence-electron chi connectivity index (χ3n) is 5.20. The topological polar surface area (TPSA) is 78.8 Å². The van der Waals surface area contributed by atoms with E-state index in [-0.39, 0.29) is 5.91 Å². The van der Waals surface area contributed by atoms with Gasteiger partial charge < -0.3 is 4.90 Å². The summed E-state index contributed by atoms with van der Waals surface area (Å²) in [6.07, 6.45) is 1.10. The van der Waals surface area contributed by atoms with E-state index < -0.39 is 10.2 Å². The first-order valence-corrected chi connectivity index (χ1v) is 10.6. The van der Waals surface area contributed by atoms with Gasteiger partial charge in [0.1, 0.15) is 0 Å². The zero-order valence-electron chi connectivity index (χ0n) is 16.5. The highest BCUT2D eigenvalue weighted by molar-refractivity contribution is 7.86. The molecule has 2 heterocycles. The maximum absolute atomic E-state index is 12.6. The Labute approximate surface area is 156 Å². The molecule has 1 aromatic heterocycles. The van der Waals surface area contributed by atoms with Gasteiger partial charge in [-0.25, -0.2) is 0 Å². The molecule has 0 atom stereocenters. The molecule has 0 saturated carbocycles. The lowest BCUT2D eigenvalue weighted by molar-refractivity contribution is -0.132. The highest BCUT2D eigenvalue weighted by Gasteiger charge is 2.32. The van der Waals surface area contributed by atoms with Crippen LogP contribution in [0.4, 0.5) is 0 Å². The summed E-state index contributed by atoms with van der Waals surface area (Å²) in [6, 6.07) is 0. The first kappa shape index (κ1) is 20.9. The van der Waals surface area contributed by atoms with E-state index in [2.05, 4.69) is 5.10 Å². The molecule has 1 saturated heterocycles. The minimum Gasteiger partial charge on any atom is -0.340 e. The van der Waals surface area contributed by atoms with Crippen LogP contribution in [0, 0.1) is 13.8 Å². The molecule has 8 nitrogen and oxygen atoms in total. The molecule has 0 radical (unpaired) electrons. The smallest absolute Gasteiger partial charge is 0.282 e. The predicted molar refractivity (Wildman–Crippen MR) is 101 cm³/mol. The third-order valence-corrected chi connectivity index (χ3v) is 7.38. The van der Waals surface area contributed by atoms with E-state index >= 15 is 0 Å². The van der Waals surface area contributed by atoms with Crippen LogP contribution in [0.15, 0.2) is 0 Å². The number of piperazine rings is 1. The molecule has 2 rings (SSSR count). The second-order valence-corrected chi connectivity index (χ2v) is 8.57. The van der Waals surface area contributed by atoms with Gasteiger partial charge in [0.05, 0.1) is 5.69 Å². The summed E-state index contributed by atoms with van der Waals surface area (Å²) in [5.74, 6) is 0.0764. The van der Waals surface area contributed by atoms with Crippen LogP contribution in [0.2, 0.25) is 0 Å². The van der Waals surface area contributed by atoms with E-state index in [1.165, 1.54) is 8.61 Å². The quantitative estimate of drug-likeness (QED) is 0.692. The first-order valence-electron chi connectivity index (χ1n) is 9.24. The average Bonchev–Trinajstić information content (AvgIpc) is 2.86. The van der Waals surface area contributed by atoms with Crippen LogP contribution in [0.5, 0.6) is 0 Å². The van der Waals surface area contributed by atoms with Crippen molar-refractivity contribution in [1.29, 1.82) is 0 Å². The molecule has 1 aromatic rings. The first-order chi connectivity index (χ1) is 12.2. The maximum Gasteiger partial charge on any atom is 0.282 e. The fraction of sp³-hybridized carbons (Fsp3) is 0.765. The maximum atomic E-state index is 12.6.